The van der Waals surface area contributed by atoms with Gasteiger partial charge in [-0.25, -0.2) is 4.98 Å². The Morgan fingerprint density at radius 2 is 2.11 bits per heavy atom. The molecule has 0 saturated carbocycles. The smallest absolute Gasteiger partial charge is 0.283 e. The SMILES string of the molecule is Cn1ccnc1Sc1ccc(/C=C2\C(=O)Nc3ccc(Cl)cc32)cc1[N+](=O)[O-]. The van der Waals surface area contributed by atoms with Crippen LogP contribution in [0.1, 0.15) is 11.1 Å². The fourth-order valence-electron chi connectivity index (χ4n) is 2.87. The standard InChI is InChI=1S/C19H13ClN4O3S/c1-23-7-6-21-19(23)28-17-5-2-11(9-16(17)24(26)27)8-14-13-10-12(20)3-4-15(13)22-18(14)25/h2-10H,1H3,(H,22,25)/b14-8-. The number of halogens is 1. The van der Waals surface area contributed by atoms with Crippen molar-refractivity contribution in [1.82, 2.24) is 9.55 Å². The molecule has 4 rings (SSSR count). The summed E-state index contributed by atoms with van der Waals surface area (Å²) in [6.07, 6.45) is 5.03. The van der Waals surface area contributed by atoms with E-state index in [0.29, 0.717) is 37.5 Å². The Morgan fingerprint density at radius 3 is 2.82 bits per heavy atom. The van der Waals surface area contributed by atoms with Crippen molar-refractivity contribution in [2.24, 2.45) is 7.05 Å². The molecule has 1 aliphatic rings. The number of nitro benzene ring substituents is 1. The van der Waals surface area contributed by atoms with Crippen molar-refractivity contribution in [2.75, 3.05) is 5.32 Å². The highest BCUT2D eigenvalue weighted by Crippen LogP contribution is 2.37. The fourth-order valence-corrected chi connectivity index (χ4v) is 3.93. The lowest BCUT2D eigenvalue weighted by molar-refractivity contribution is -0.387. The Hall–Kier alpha value is -3.10. The number of fused-ring (bicyclic) bond motifs is 1. The van der Waals surface area contributed by atoms with Crippen molar-refractivity contribution in [3.05, 3.63) is 75.1 Å². The number of nitro groups is 1. The van der Waals surface area contributed by atoms with Crippen LogP contribution < -0.4 is 5.32 Å². The number of carbonyl (C=O) groups is 1. The van der Waals surface area contributed by atoms with Crippen molar-refractivity contribution in [3.63, 3.8) is 0 Å². The molecule has 0 aliphatic carbocycles. The van der Waals surface area contributed by atoms with E-state index in [0.717, 1.165) is 0 Å². The zero-order valence-electron chi connectivity index (χ0n) is 14.5. The Balaban J connectivity index is 1.74. The van der Waals surface area contributed by atoms with Gasteiger partial charge in [0, 0.05) is 47.4 Å². The first-order valence-corrected chi connectivity index (χ1v) is 9.38. The summed E-state index contributed by atoms with van der Waals surface area (Å²) in [5.74, 6) is -0.272. The van der Waals surface area contributed by atoms with Gasteiger partial charge in [0.05, 0.1) is 9.82 Å². The summed E-state index contributed by atoms with van der Waals surface area (Å²) >= 11 is 7.25. The number of rotatable bonds is 4. The first kappa shape index (κ1) is 18.3. The Kier molecular flexibility index (Phi) is 4.66. The quantitative estimate of drug-likeness (QED) is 0.383. The molecule has 2 heterocycles. The molecule has 0 saturated heterocycles. The first-order chi connectivity index (χ1) is 13.4. The zero-order valence-corrected chi connectivity index (χ0v) is 16.1. The lowest BCUT2D eigenvalue weighted by Gasteiger charge is -2.05. The molecule has 140 valence electrons. The van der Waals surface area contributed by atoms with Crippen LogP contribution in [0.25, 0.3) is 11.6 Å². The Morgan fingerprint density at radius 1 is 1.29 bits per heavy atom. The molecule has 0 bridgehead atoms. The highest BCUT2D eigenvalue weighted by molar-refractivity contribution is 7.99. The van der Waals surface area contributed by atoms with E-state index < -0.39 is 4.92 Å². The molecule has 1 amide bonds. The molecule has 0 atom stereocenters. The molecule has 28 heavy (non-hydrogen) atoms. The minimum Gasteiger partial charge on any atom is -0.329 e. The molecule has 0 spiro atoms. The first-order valence-electron chi connectivity index (χ1n) is 8.19. The number of anilines is 1. The van der Waals surface area contributed by atoms with Gasteiger partial charge in [-0.3, -0.25) is 14.9 Å². The second-order valence-corrected chi connectivity index (χ2v) is 7.55. The predicted molar refractivity (Wildman–Crippen MR) is 108 cm³/mol. The second-order valence-electron chi connectivity index (χ2n) is 6.11. The summed E-state index contributed by atoms with van der Waals surface area (Å²) in [7, 11) is 1.82. The van der Waals surface area contributed by atoms with Crippen molar-refractivity contribution in [3.8, 4) is 0 Å². The van der Waals surface area contributed by atoms with Crippen molar-refractivity contribution in [1.29, 1.82) is 0 Å². The van der Waals surface area contributed by atoms with Crippen LogP contribution in [0, 0.1) is 10.1 Å². The maximum Gasteiger partial charge on any atom is 0.283 e. The summed E-state index contributed by atoms with van der Waals surface area (Å²) in [5.41, 5.74) is 2.25. The lowest BCUT2D eigenvalue weighted by Crippen LogP contribution is -2.03. The lowest BCUT2D eigenvalue weighted by atomic mass is 10.0. The van der Waals surface area contributed by atoms with E-state index >= 15 is 0 Å². The van der Waals surface area contributed by atoms with Gasteiger partial charge in [0.1, 0.15) is 0 Å². The number of hydrogen-bond acceptors (Lipinski definition) is 5. The monoisotopic (exact) mass is 412 g/mol. The van der Waals surface area contributed by atoms with Gasteiger partial charge in [0.15, 0.2) is 5.16 Å². The largest absolute Gasteiger partial charge is 0.329 e. The Labute approximate surface area is 169 Å². The van der Waals surface area contributed by atoms with Crippen LogP contribution in [0.5, 0.6) is 0 Å². The highest BCUT2D eigenvalue weighted by Gasteiger charge is 2.25. The minimum absolute atomic E-state index is 0.0490. The molecule has 1 N–H and O–H groups in total. The predicted octanol–water partition coefficient (Wildman–Crippen LogP) is 4.63. The summed E-state index contributed by atoms with van der Waals surface area (Å²) in [6, 6.07) is 9.97. The normalized spacial score (nSPS) is 14.2. The van der Waals surface area contributed by atoms with Crippen LogP contribution in [-0.4, -0.2) is 20.4 Å². The number of hydrogen-bond donors (Lipinski definition) is 1. The number of nitrogens with one attached hydrogen (secondary N) is 1. The van der Waals surface area contributed by atoms with Gasteiger partial charge in [-0.2, -0.15) is 0 Å². The number of aromatic nitrogens is 2. The molecular weight excluding hydrogens is 400 g/mol. The topological polar surface area (TPSA) is 90.1 Å². The number of benzene rings is 2. The molecule has 0 radical (unpaired) electrons. The van der Waals surface area contributed by atoms with Crippen LogP contribution in [-0.2, 0) is 11.8 Å². The number of imidazole rings is 1. The summed E-state index contributed by atoms with van der Waals surface area (Å²) < 4.78 is 1.79. The second kappa shape index (κ2) is 7.14. The number of nitrogens with zero attached hydrogens (tertiary/aromatic N) is 3. The Bertz CT molecular complexity index is 1160. The van der Waals surface area contributed by atoms with Gasteiger partial charge in [-0.1, -0.05) is 17.7 Å². The van der Waals surface area contributed by atoms with Crippen molar-refractivity contribution >= 4 is 52.3 Å². The fraction of sp³-hybridized carbons (Fsp3) is 0.0526. The van der Waals surface area contributed by atoms with E-state index in [1.54, 1.807) is 53.4 Å². The van der Waals surface area contributed by atoms with E-state index in [1.165, 1.54) is 17.8 Å². The van der Waals surface area contributed by atoms with Gasteiger partial charge in [-0.15, -0.1) is 0 Å². The third kappa shape index (κ3) is 3.39. The molecule has 7 nitrogen and oxygen atoms in total. The van der Waals surface area contributed by atoms with E-state index in [1.807, 2.05) is 7.05 Å². The molecule has 0 unspecified atom stereocenters. The van der Waals surface area contributed by atoms with Crippen molar-refractivity contribution < 1.29 is 9.72 Å². The maximum absolute atomic E-state index is 12.3. The molecule has 1 aromatic heterocycles. The molecule has 2 aromatic carbocycles. The van der Waals surface area contributed by atoms with Crippen LogP contribution in [0.3, 0.4) is 0 Å². The summed E-state index contributed by atoms with van der Waals surface area (Å²) in [4.78, 5) is 28.1. The van der Waals surface area contributed by atoms with Crippen LogP contribution in [0.2, 0.25) is 5.02 Å². The van der Waals surface area contributed by atoms with Crippen molar-refractivity contribution in [2.45, 2.75) is 10.1 Å². The molecular formula is C19H13ClN4O3S. The third-order valence-electron chi connectivity index (χ3n) is 4.23. The van der Waals surface area contributed by atoms with E-state index in [2.05, 4.69) is 10.3 Å². The van der Waals surface area contributed by atoms with E-state index in [9.17, 15) is 14.9 Å². The third-order valence-corrected chi connectivity index (χ3v) is 5.61. The van der Waals surface area contributed by atoms with Gasteiger partial charge < -0.3 is 9.88 Å². The number of aryl methyl sites for hydroxylation is 1. The maximum atomic E-state index is 12.3. The minimum atomic E-state index is -0.438. The number of carbonyl (C=O) groups excluding carboxylic acids is 1. The average Bonchev–Trinajstić information content (AvgIpc) is 3.19. The molecule has 1 aliphatic heterocycles. The zero-order chi connectivity index (χ0) is 19.8. The molecule has 3 aromatic rings. The number of amides is 1. The molecule has 9 heteroatoms. The van der Waals surface area contributed by atoms with Gasteiger partial charge in [0.2, 0.25) is 0 Å². The highest BCUT2D eigenvalue weighted by atomic mass is 35.5. The van der Waals surface area contributed by atoms with Gasteiger partial charge in [-0.05, 0) is 47.7 Å². The summed E-state index contributed by atoms with van der Waals surface area (Å²) in [5, 5.41) is 15.5. The van der Waals surface area contributed by atoms with Gasteiger partial charge >= 0.3 is 0 Å². The summed E-state index contributed by atoms with van der Waals surface area (Å²) in [6.45, 7) is 0. The molecule has 0 fully saturated rings. The van der Waals surface area contributed by atoms with Crippen LogP contribution >= 0.6 is 23.4 Å². The van der Waals surface area contributed by atoms with E-state index in [4.69, 9.17) is 11.6 Å². The van der Waals surface area contributed by atoms with E-state index in [-0.39, 0.29) is 11.6 Å². The average molecular weight is 413 g/mol. The van der Waals surface area contributed by atoms with Crippen LogP contribution in [0.4, 0.5) is 11.4 Å². The van der Waals surface area contributed by atoms with Gasteiger partial charge in [0.25, 0.3) is 11.6 Å². The van der Waals surface area contributed by atoms with Crippen LogP contribution in [0.15, 0.2) is 58.8 Å².